The second kappa shape index (κ2) is 8.04. The average molecular weight is 328 g/mol. The van der Waals surface area contributed by atoms with E-state index in [1.54, 1.807) is 12.1 Å². The number of nitrogens with one attached hydrogen (secondary N) is 2. The zero-order valence-electron chi connectivity index (χ0n) is 13.4. The Labute approximate surface area is 141 Å². The zero-order valence-corrected chi connectivity index (χ0v) is 13.4. The molecule has 1 heterocycles. The van der Waals surface area contributed by atoms with E-state index in [0.717, 1.165) is 29.6 Å². The molecular formula is C19H21FN2O2. The fourth-order valence-corrected chi connectivity index (χ4v) is 2.96. The van der Waals surface area contributed by atoms with Crippen LogP contribution in [0, 0.1) is 0 Å². The quantitative estimate of drug-likeness (QED) is 0.799. The van der Waals surface area contributed by atoms with Crippen molar-refractivity contribution in [2.75, 3.05) is 25.1 Å². The van der Waals surface area contributed by atoms with E-state index in [9.17, 15) is 9.18 Å². The highest BCUT2D eigenvalue weighted by molar-refractivity contribution is 5.74. The van der Waals surface area contributed by atoms with Crippen molar-refractivity contribution in [3.8, 4) is 0 Å². The highest BCUT2D eigenvalue weighted by Gasteiger charge is 2.21. The minimum absolute atomic E-state index is 0.00867. The van der Waals surface area contributed by atoms with E-state index in [4.69, 9.17) is 4.74 Å². The van der Waals surface area contributed by atoms with Crippen LogP contribution in [0.15, 0.2) is 42.5 Å². The number of benzene rings is 2. The molecule has 1 unspecified atom stereocenters. The number of carbonyl (C=O) groups excluding carboxylic acids is 1. The summed E-state index contributed by atoms with van der Waals surface area (Å²) in [5, 5.41) is 6.78. The highest BCUT2D eigenvalue weighted by Crippen LogP contribution is 2.29. The molecule has 1 aliphatic heterocycles. The van der Waals surface area contributed by atoms with Crippen LogP contribution in [0.4, 0.5) is 10.1 Å². The van der Waals surface area contributed by atoms with Gasteiger partial charge in [0.1, 0.15) is 13.0 Å². The molecule has 126 valence electrons. The van der Waals surface area contributed by atoms with Crippen LogP contribution in [-0.2, 0) is 18.0 Å². The maximum Gasteiger partial charge on any atom is 0.150 e. The van der Waals surface area contributed by atoms with E-state index in [-0.39, 0.29) is 6.04 Å². The highest BCUT2D eigenvalue weighted by atomic mass is 19.1. The third kappa shape index (κ3) is 3.80. The predicted octanol–water partition coefficient (Wildman–Crippen LogP) is 3.24. The fourth-order valence-electron chi connectivity index (χ4n) is 2.96. The maximum absolute atomic E-state index is 13.4. The normalized spacial score (nSPS) is 17.5. The fraction of sp³-hybridized carbons (Fsp3) is 0.316. The lowest BCUT2D eigenvalue weighted by Gasteiger charge is -2.28. The Kier molecular flexibility index (Phi) is 5.56. The first kappa shape index (κ1) is 16.6. The summed E-state index contributed by atoms with van der Waals surface area (Å²) in [6.45, 7) is 2.09. The lowest BCUT2D eigenvalue weighted by Crippen LogP contribution is -2.35. The van der Waals surface area contributed by atoms with E-state index in [2.05, 4.69) is 10.6 Å². The van der Waals surface area contributed by atoms with Crippen LogP contribution in [0.3, 0.4) is 0 Å². The Hall–Kier alpha value is -2.24. The number of anilines is 1. The van der Waals surface area contributed by atoms with Crippen molar-refractivity contribution in [3.05, 3.63) is 64.7 Å². The Morgan fingerprint density at radius 1 is 1.25 bits per heavy atom. The molecule has 1 atom stereocenters. The molecule has 0 aromatic heterocycles. The van der Waals surface area contributed by atoms with E-state index >= 15 is 0 Å². The summed E-state index contributed by atoms with van der Waals surface area (Å²) in [5.41, 5.74) is 4.24. The van der Waals surface area contributed by atoms with Crippen LogP contribution >= 0.6 is 0 Å². The number of carbonyl (C=O) groups is 1. The molecule has 0 saturated carbocycles. The molecular weight excluding hydrogens is 307 g/mol. The summed E-state index contributed by atoms with van der Waals surface area (Å²) in [6.07, 6.45) is 0.828. The number of aldehydes is 1. The number of ether oxygens (including phenoxy) is 1. The first-order valence-electron chi connectivity index (χ1n) is 8.08. The number of hydrogen-bond acceptors (Lipinski definition) is 4. The van der Waals surface area contributed by atoms with Gasteiger partial charge < -0.3 is 15.4 Å². The molecule has 2 N–H and O–H groups in total. The number of morpholine rings is 1. The van der Waals surface area contributed by atoms with Crippen molar-refractivity contribution >= 4 is 12.0 Å². The van der Waals surface area contributed by atoms with Crippen molar-refractivity contribution in [3.63, 3.8) is 0 Å². The summed E-state index contributed by atoms with van der Waals surface area (Å²) >= 11 is 0. The molecule has 0 spiro atoms. The number of alkyl halides is 1. The Balaban J connectivity index is 1.79. The van der Waals surface area contributed by atoms with Gasteiger partial charge in [-0.2, -0.15) is 0 Å². The van der Waals surface area contributed by atoms with Crippen LogP contribution in [-0.4, -0.2) is 26.0 Å². The minimum Gasteiger partial charge on any atom is -0.381 e. The number of hydrogen-bond donors (Lipinski definition) is 2. The van der Waals surface area contributed by atoms with E-state index in [0.29, 0.717) is 30.9 Å². The summed E-state index contributed by atoms with van der Waals surface area (Å²) in [5.74, 6) is 0. The van der Waals surface area contributed by atoms with Gasteiger partial charge in [-0.05, 0) is 17.2 Å². The molecule has 1 saturated heterocycles. The van der Waals surface area contributed by atoms with Crippen LogP contribution < -0.4 is 10.6 Å². The second-order valence-corrected chi connectivity index (χ2v) is 5.81. The minimum atomic E-state index is -0.503. The van der Waals surface area contributed by atoms with Crippen molar-refractivity contribution in [2.24, 2.45) is 0 Å². The van der Waals surface area contributed by atoms with E-state index in [1.165, 1.54) is 0 Å². The third-order valence-corrected chi connectivity index (χ3v) is 4.21. The van der Waals surface area contributed by atoms with Crippen molar-refractivity contribution in [2.45, 2.75) is 19.3 Å². The second-order valence-electron chi connectivity index (χ2n) is 5.81. The van der Waals surface area contributed by atoms with Gasteiger partial charge in [-0.3, -0.25) is 4.79 Å². The molecule has 24 heavy (non-hydrogen) atoms. The van der Waals surface area contributed by atoms with Gasteiger partial charge >= 0.3 is 0 Å². The number of halogens is 1. The van der Waals surface area contributed by atoms with Gasteiger partial charge in [0.15, 0.2) is 0 Å². The van der Waals surface area contributed by atoms with Crippen LogP contribution in [0.1, 0.15) is 33.1 Å². The van der Waals surface area contributed by atoms with E-state index < -0.39 is 6.67 Å². The topological polar surface area (TPSA) is 50.4 Å². The van der Waals surface area contributed by atoms with Gasteiger partial charge in [0, 0.05) is 29.9 Å². The summed E-state index contributed by atoms with van der Waals surface area (Å²) < 4.78 is 19.0. The van der Waals surface area contributed by atoms with Crippen LogP contribution in [0.2, 0.25) is 0 Å². The molecule has 0 bridgehead atoms. The van der Waals surface area contributed by atoms with Crippen LogP contribution in [0.5, 0.6) is 0 Å². The van der Waals surface area contributed by atoms with Crippen molar-refractivity contribution in [1.29, 1.82) is 0 Å². The Morgan fingerprint density at radius 3 is 2.75 bits per heavy atom. The average Bonchev–Trinajstić information content (AvgIpc) is 2.67. The third-order valence-electron chi connectivity index (χ3n) is 4.21. The van der Waals surface area contributed by atoms with Gasteiger partial charge in [-0.25, -0.2) is 4.39 Å². The monoisotopic (exact) mass is 328 g/mol. The largest absolute Gasteiger partial charge is 0.381 e. The molecule has 1 aliphatic rings. The van der Waals surface area contributed by atoms with Crippen molar-refractivity contribution in [1.82, 2.24) is 5.32 Å². The van der Waals surface area contributed by atoms with Crippen LogP contribution in [0.25, 0.3) is 0 Å². The standard InChI is InChI=1S/C19H21FN2O2/c20-10-16-2-1-3-17(19(16)18-13-24-9-8-21-18)22-11-14-4-6-15(12-23)7-5-14/h1-7,12,18,21-22H,8-11,13H2. The van der Waals surface area contributed by atoms with Crippen molar-refractivity contribution < 1.29 is 13.9 Å². The molecule has 2 aromatic rings. The predicted molar refractivity (Wildman–Crippen MR) is 92.0 cm³/mol. The first-order valence-corrected chi connectivity index (χ1v) is 8.08. The zero-order chi connectivity index (χ0) is 16.8. The van der Waals surface area contributed by atoms with Gasteiger partial charge in [-0.1, -0.05) is 36.4 Å². The van der Waals surface area contributed by atoms with Gasteiger partial charge in [0.2, 0.25) is 0 Å². The van der Waals surface area contributed by atoms with Gasteiger partial charge in [-0.15, -0.1) is 0 Å². The summed E-state index contributed by atoms with van der Waals surface area (Å²) in [4.78, 5) is 10.7. The smallest absolute Gasteiger partial charge is 0.150 e. The molecule has 1 fully saturated rings. The Bertz CT molecular complexity index is 682. The van der Waals surface area contributed by atoms with Gasteiger partial charge in [0.25, 0.3) is 0 Å². The molecule has 0 amide bonds. The lowest BCUT2D eigenvalue weighted by molar-refractivity contribution is 0.0766. The van der Waals surface area contributed by atoms with Gasteiger partial charge in [0.05, 0.1) is 19.3 Å². The summed E-state index contributed by atoms with van der Waals surface area (Å²) in [7, 11) is 0. The SMILES string of the molecule is O=Cc1ccc(CNc2cccc(CF)c2C2COCCN2)cc1. The molecule has 3 rings (SSSR count). The molecule has 2 aromatic carbocycles. The Morgan fingerprint density at radius 2 is 2.08 bits per heavy atom. The van der Waals surface area contributed by atoms with E-state index in [1.807, 2.05) is 30.3 Å². The molecule has 0 radical (unpaired) electrons. The lowest BCUT2D eigenvalue weighted by atomic mass is 9.98. The molecule has 5 heteroatoms. The molecule has 0 aliphatic carbocycles. The molecule has 4 nitrogen and oxygen atoms in total. The summed E-state index contributed by atoms with van der Waals surface area (Å²) in [6, 6.07) is 13.0. The number of rotatable bonds is 6. The maximum atomic E-state index is 13.4. The first-order chi connectivity index (χ1) is 11.8.